The van der Waals surface area contributed by atoms with Gasteiger partial charge < -0.3 is 48.2 Å². The molecule has 0 N–H and O–H groups in total. The minimum atomic E-state index is -0.413. The molecule has 10 aromatic carbocycles. The van der Waals surface area contributed by atoms with Gasteiger partial charge in [0, 0.05) is 77.6 Å². The largest absolute Gasteiger partial charge is 0.489 e. The van der Waals surface area contributed by atoms with Crippen molar-refractivity contribution in [1.29, 1.82) is 0 Å². The zero-order valence-electron chi connectivity index (χ0n) is 70.4. The summed E-state index contributed by atoms with van der Waals surface area (Å²) in [5, 5.41) is 0. The van der Waals surface area contributed by atoms with E-state index in [4.69, 9.17) is 30.3 Å². The summed E-state index contributed by atoms with van der Waals surface area (Å²) in [6, 6.07) is 57.8. The second-order valence-electron chi connectivity index (χ2n) is 29.7. The normalized spacial score (nSPS) is 14.3. The molecule has 5 heterocycles. The number of carbonyl (C=O) groups is 5. The molecule has 0 saturated carbocycles. The van der Waals surface area contributed by atoms with Crippen LogP contribution in [-0.4, -0.2) is 95.3 Å². The fourth-order valence-electron chi connectivity index (χ4n) is 14.2. The first-order chi connectivity index (χ1) is 61.2. The van der Waals surface area contributed by atoms with Crippen molar-refractivity contribution in [3.05, 3.63) is 362 Å². The zero-order valence-corrected chi connectivity index (χ0v) is 70.4. The number of benzene rings is 10. The van der Waals surface area contributed by atoms with Crippen molar-refractivity contribution >= 4 is 63.7 Å². The summed E-state index contributed by atoms with van der Waals surface area (Å²) < 4.78 is 146. The second kappa shape index (κ2) is 45.5. The van der Waals surface area contributed by atoms with Crippen LogP contribution in [0.2, 0.25) is 0 Å². The Bertz CT molecular complexity index is 5490. The fraction of sp³-hybridized carbons (Fsp3) is 0.248. The smallest absolute Gasteiger partial charge is 0.258 e. The highest BCUT2D eigenvalue weighted by Gasteiger charge is 2.33. The van der Waals surface area contributed by atoms with Crippen molar-refractivity contribution in [3.8, 4) is 28.7 Å². The third-order valence-corrected chi connectivity index (χ3v) is 21.8. The van der Waals surface area contributed by atoms with Crippen LogP contribution in [0.15, 0.2) is 272 Å². The van der Waals surface area contributed by atoms with Crippen LogP contribution in [-0.2, 0) is 32.1 Å². The fourth-order valence-corrected chi connectivity index (χ4v) is 14.2. The quantitative estimate of drug-likeness (QED) is 0.0399. The number of amides is 5. The maximum atomic E-state index is 14.0. The maximum absolute atomic E-state index is 14.0. The third kappa shape index (κ3) is 23.7. The highest BCUT2D eigenvalue weighted by molar-refractivity contribution is 6.11. The van der Waals surface area contributed by atoms with E-state index in [0.29, 0.717) is 241 Å². The molecule has 10 aromatic rings. The van der Waals surface area contributed by atoms with Gasteiger partial charge in [-0.3, -0.25) is 24.0 Å². The van der Waals surface area contributed by atoms with Crippen molar-refractivity contribution in [2.45, 2.75) is 98.8 Å². The molecule has 0 spiro atoms. The lowest BCUT2D eigenvalue weighted by atomic mass is 9.98. The molecule has 0 unspecified atom stereocenters. The Labute approximate surface area is 727 Å². The van der Waals surface area contributed by atoms with E-state index in [0.717, 1.165) is 33.5 Å². The number of hydrogen-bond acceptors (Lipinski definition) is 10. The van der Waals surface area contributed by atoms with Crippen LogP contribution in [0.1, 0.15) is 146 Å². The SMILES string of the molecule is CC/C(=C/F)COc1ccc2c(c1)CCN(c1cccc(F)c1)C2=O.CC/C(=C\F)COc1ccc2c(c1)CCN(c1cccc(F)c1)C2=O.CC/C(=C\F)COc1ccc2c(c1)CCN(c1ccccc1F)C2=O.CC/C(=C\F)COc1ccc2c(c1)CCN(c1ccccc1F)C2=O.[C-]#[N+]c1ccc(N2CCc3cc(OC/C(=C/F)CC)ccc3C2=O)cc1. The lowest BCUT2D eigenvalue weighted by Gasteiger charge is -2.29. The van der Waals surface area contributed by atoms with Crippen LogP contribution in [0.4, 0.5) is 73.6 Å². The van der Waals surface area contributed by atoms with Gasteiger partial charge in [-0.15, -0.1) is 0 Å². The molecule has 0 saturated heterocycles. The first-order valence-corrected chi connectivity index (χ1v) is 41.4. The van der Waals surface area contributed by atoms with E-state index in [-0.39, 0.29) is 74.2 Å². The summed E-state index contributed by atoms with van der Waals surface area (Å²) in [4.78, 5) is 74.8. The Morgan fingerprint density at radius 2 is 0.563 bits per heavy atom. The predicted octanol–water partition coefficient (Wildman–Crippen LogP) is 23.8. The van der Waals surface area contributed by atoms with Crippen molar-refractivity contribution < 1.29 is 87.2 Å². The molecule has 15 rings (SSSR count). The number of halogens is 9. The molecule has 0 radical (unpaired) electrons. The molecule has 0 aromatic heterocycles. The van der Waals surface area contributed by atoms with E-state index in [1.807, 2.05) is 52.8 Å². The molecule has 0 bridgehead atoms. The summed E-state index contributed by atoms with van der Waals surface area (Å²) in [6.07, 6.45) is 8.99. The van der Waals surface area contributed by atoms with Gasteiger partial charge in [0.15, 0.2) is 5.69 Å². The second-order valence-corrected chi connectivity index (χ2v) is 29.7. The van der Waals surface area contributed by atoms with Crippen LogP contribution in [0.5, 0.6) is 28.7 Å². The van der Waals surface area contributed by atoms with E-state index in [1.54, 1.807) is 172 Å². The van der Waals surface area contributed by atoms with Crippen LogP contribution < -0.4 is 48.2 Å². The summed E-state index contributed by atoms with van der Waals surface area (Å²) >= 11 is 0. The minimum Gasteiger partial charge on any atom is -0.489 e. The lowest BCUT2D eigenvalue weighted by molar-refractivity contribution is 0.0972. The summed E-state index contributed by atoms with van der Waals surface area (Å²) in [5.41, 5.74) is 13.2. The highest BCUT2D eigenvalue weighted by atomic mass is 19.2. The number of para-hydroxylation sites is 2. The Morgan fingerprint density at radius 3 is 0.810 bits per heavy atom. The van der Waals surface area contributed by atoms with Crippen molar-refractivity contribution in [2.24, 2.45) is 0 Å². The van der Waals surface area contributed by atoms with Gasteiger partial charge in [0.2, 0.25) is 0 Å². The van der Waals surface area contributed by atoms with E-state index in [9.17, 15) is 63.5 Å². The Hall–Kier alpha value is -13.9. The number of hydrogen-bond donors (Lipinski definition) is 0. The first kappa shape index (κ1) is 92.8. The zero-order chi connectivity index (χ0) is 89.8. The number of ether oxygens (including phenoxy) is 5. The van der Waals surface area contributed by atoms with Gasteiger partial charge in [0.1, 0.15) is 85.1 Å². The van der Waals surface area contributed by atoms with Gasteiger partial charge in [-0.05, 0) is 284 Å². The molecule has 25 heteroatoms. The molecule has 5 aliphatic rings. The average molecular weight is 1720 g/mol. The monoisotopic (exact) mass is 1720 g/mol. The molecular formula is C101H95F9N6O10. The van der Waals surface area contributed by atoms with Gasteiger partial charge in [0.05, 0.1) is 49.6 Å². The highest BCUT2D eigenvalue weighted by Crippen LogP contribution is 2.36. The van der Waals surface area contributed by atoms with E-state index >= 15 is 0 Å². The van der Waals surface area contributed by atoms with Crippen molar-refractivity contribution in [2.75, 3.05) is 90.3 Å². The molecule has 126 heavy (non-hydrogen) atoms. The Balaban J connectivity index is 0.000000153. The standard InChI is InChI=1S/C21H19FN2O2.4C20H19F2NO2/c1-3-15(13-22)14-26-19-8-9-20-16(12-19)10-11-24(21(20)25)18-6-4-17(23-2)5-7-18;2*1-2-14(12-21)13-25-18-6-7-19-15(10-18)8-9-23(20(19)24)17-5-3-4-16(22)11-17;2*1-2-14(12-21)13-25-16-7-8-17-15(11-16)9-10-23(20(17)24)19-6-4-3-5-18(19)22/h4-9,12-13H,3,10-11,14H2,1H3;2*3-7,10-12H,2,8-9,13H2,1H3;2*3-8,11-12H,2,9-10,13H2,1H3/b15-13+;14-12+;14-12-;2*14-12+. The minimum absolute atomic E-state index is 0.0636. The van der Waals surface area contributed by atoms with Crippen LogP contribution in [0, 0.1) is 29.8 Å². The van der Waals surface area contributed by atoms with Gasteiger partial charge in [-0.1, -0.05) is 83.1 Å². The lowest BCUT2D eigenvalue weighted by Crippen LogP contribution is -2.38. The van der Waals surface area contributed by atoms with Gasteiger partial charge >= 0.3 is 0 Å². The molecule has 0 atom stereocenters. The number of fused-ring (bicyclic) bond motifs is 5. The van der Waals surface area contributed by atoms with Crippen molar-refractivity contribution in [3.63, 3.8) is 0 Å². The van der Waals surface area contributed by atoms with E-state index in [2.05, 4.69) is 4.85 Å². The van der Waals surface area contributed by atoms with Gasteiger partial charge in [-0.2, -0.15) is 0 Å². The Kier molecular flexibility index (Phi) is 33.5. The molecule has 0 aliphatic carbocycles. The molecular weight excluding hydrogens is 1630 g/mol. The molecule has 0 fully saturated rings. The average Bonchev–Trinajstić information content (AvgIpc) is 0.802. The van der Waals surface area contributed by atoms with Crippen LogP contribution in [0.3, 0.4) is 0 Å². The molecule has 16 nitrogen and oxygen atoms in total. The number of carbonyl (C=O) groups excluding carboxylic acids is 5. The first-order valence-electron chi connectivity index (χ1n) is 41.4. The van der Waals surface area contributed by atoms with Gasteiger partial charge in [-0.25, -0.2) is 44.4 Å². The molecule has 652 valence electrons. The van der Waals surface area contributed by atoms with Crippen LogP contribution >= 0.6 is 0 Å². The van der Waals surface area contributed by atoms with E-state index in [1.165, 1.54) is 46.2 Å². The number of anilines is 5. The van der Waals surface area contributed by atoms with Crippen LogP contribution in [0.25, 0.3) is 4.85 Å². The Morgan fingerprint density at radius 1 is 0.310 bits per heavy atom. The molecule has 5 amide bonds. The number of rotatable bonds is 25. The number of nitrogens with zero attached hydrogens (tertiary/aromatic N) is 6. The predicted molar refractivity (Wildman–Crippen MR) is 472 cm³/mol. The maximum Gasteiger partial charge on any atom is 0.258 e. The molecule has 5 aliphatic heterocycles. The van der Waals surface area contributed by atoms with Gasteiger partial charge in [0.25, 0.3) is 29.5 Å². The summed E-state index contributed by atoms with van der Waals surface area (Å²) in [5.74, 6) is 0.660. The summed E-state index contributed by atoms with van der Waals surface area (Å²) in [6.45, 7) is 19.6. The topological polar surface area (TPSA) is 152 Å². The summed E-state index contributed by atoms with van der Waals surface area (Å²) in [7, 11) is 0. The van der Waals surface area contributed by atoms with E-state index < -0.39 is 11.6 Å². The van der Waals surface area contributed by atoms with Crippen molar-refractivity contribution in [1.82, 2.24) is 0 Å². The third-order valence-electron chi connectivity index (χ3n) is 21.8.